The predicted molar refractivity (Wildman–Crippen MR) is 77.8 cm³/mol. The van der Waals surface area contributed by atoms with Gasteiger partial charge in [-0.05, 0) is 12.5 Å². The van der Waals surface area contributed by atoms with Gasteiger partial charge in [0.25, 0.3) is 0 Å². The molecule has 0 saturated carbocycles. The molecule has 0 aromatic heterocycles. The molecule has 0 aliphatic carbocycles. The van der Waals surface area contributed by atoms with Crippen LogP contribution in [0.4, 0.5) is 4.39 Å². The second-order valence-electron chi connectivity index (χ2n) is 5.07. The Bertz CT molecular complexity index is 464. The molecule has 1 aromatic carbocycles. The van der Waals surface area contributed by atoms with E-state index in [0.717, 1.165) is 19.3 Å². The van der Waals surface area contributed by atoms with E-state index >= 15 is 0 Å². The second-order valence-corrected chi connectivity index (χ2v) is 5.07. The van der Waals surface area contributed by atoms with Gasteiger partial charge in [0, 0.05) is 12.0 Å². The van der Waals surface area contributed by atoms with E-state index in [1.54, 1.807) is 12.1 Å². The van der Waals surface area contributed by atoms with Gasteiger partial charge < -0.3 is 0 Å². The molecule has 1 rings (SSSR count). The Morgan fingerprint density at radius 2 is 1.85 bits per heavy atom. The Balaban J connectivity index is 2.45. The van der Waals surface area contributed by atoms with Crippen molar-refractivity contribution in [1.82, 2.24) is 0 Å². The van der Waals surface area contributed by atoms with Crippen molar-refractivity contribution in [3.8, 4) is 6.07 Å². The van der Waals surface area contributed by atoms with Gasteiger partial charge in [0.1, 0.15) is 11.7 Å². The summed E-state index contributed by atoms with van der Waals surface area (Å²) in [5.74, 6) is -1.62. The van der Waals surface area contributed by atoms with Crippen LogP contribution >= 0.6 is 0 Å². The van der Waals surface area contributed by atoms with Crippen LogP contribution in [-0.4, -0.2) is 5.78 Å². The van der Waals surface area contributed by atoms with Gasteiger partial charge >= 0.3 is 0 Å². The average Bonchev–Trinajstić information content (AvgIpc) is 2.45. The van der Waals surface area contributed by atoms with Gasteiger partial charge in [-0.1, -0.05) is 57.2 Å². The van der Waals surface area contributed by atoms with Crippen LogP contribution in [0, 0.1) is 17.1 Å². The van der Waals surface area contributed by atoms with Crippen molar-refractivity contribution in [2.75, 3.05) is 0 Å². The molecule has 20 heavy (non-hydrogen) atoms. The topological polar surface area (TPSA) is 40.9 Å². The maximum atomic E-state index is 13.6. The van der Waals surface area contributed by atoms with Gasteiger partial charge in [-0.3, -0.25) is 4.79 Å². The van der Waals surface area contributed by atoms with Crippen LogP contribution in [0.25, 0.3) is 0 Å². The first-order chi connectivity index (χ1) is 9.70. The zero-order valence-electron chi connectivity index (χ0n) is 12.1. The number of Topliss-reactive ketones (excluding diaryl/α,β-unsaturated/α-hetero) is 1. The molecule has 0 N–H and O–H groups in total. The van der Waals surface area contributed by atoms with E-state index < -0.39 is 11.7 Å². The third kappa shape index (κ3) is 5.13. The van der Waals surface area contributed by atoms with Crippen LogP contribution in [0.1, 0.15) is 63.4 Å². The predicted octanol–water partition coefficient (Wildman–Crippen LogP) is 4.75. The minimum absolute atomic E-state index is 0.173. The fourth-order valence-corrected chi connectivity index (χ4v) is 2.25. The molecule has 0 bridgehead atoms. The summed E-state index contributed by atoms with van der Waals surface area (Å²) in [7, 11) is 0. The van der Waals surface area contributed by atoms with Crippen LogP contribution in [0.2, 0.25) is 0 Å². The third-order valence-electron chi connectivity index (χ3n) is 3.44. The average molecular weight is 275 g/mol. The molecule has 1 atom stereocenters. The van der Waals surface area contributed by atoms with E-state index in [0.29, 0.717) is 6.42 Å². The highest BCUT2D eigenvalue weighted by molar-refractivity contribution is 5.88. The highest BCUT2D eigenvalue weighted by Gasteiger charge is 2.22. The third-order valence-corrected chi connectivity index (χ3v) is 3.44. The van der Waals surface area contributed by atoms with Gasteiger partial charge in [0.05, 0.1) is 6.07 Å². The van der Waals surface area contributed by atoms with Crippen molar-refractivity contribution >= 4 is 5.78 Å². The number of benzene rings is 1. The molecule has 0 aliphatic rings. The van der Waals surface area contributed by atoms with Crippen molar-refractivity contribution in [3.05, 3.63) is 35.6 Å². The molecular formula is C17H22FNO. The number of hydrogen-bond donors (Lipinski definition) is 0. The number of ketones is 1. The SMILES string of the molecule is CCCCCCCCC(=O)C(C#N)c1ccccc1F. The van der Waals surface area contributed by atoms with Gasteiger partial charge in [0.2, 0.25) is 0 Å². The molecule has 0 spiro atoms. The largest absolute Gasteiger partial charge is 0.298 e. The van der Waals surface area contributed by atoms with E-state index in [1.165, 1.54) is 31.4 Å². The highest BCUT2D eigenvalue weighted by Crippen LogP contribution is 2.22. The number of halogens is 1. The highest BCUT2D eigenvalue weighted by atomic mass is 19.1. The zero-order valence-corrected chi connectivity index (χ0v) is 12.1. The van der Waals surface area contributed by atoms with Crippen molar-refractivity contribution < 1.29 is 9.18 Å². The Kier molecular flexibility index (Phi) is 7.57. The monoisotopic (exact) mass is 275 g/mol. The number of carbonyl (C=O) groups is 1. The van der Waals surface area contributed by atoms with Crippen molar-refractivity contribution in [1.29, 1.82) is 5.26 Å². The molecule has 1 unspecified atom stereocenters. The zero-order chi connectivity index (χ0) is 14.8. The van der Waals surface area contributed by atoms with Crippen LogP contribution in [-0.2, 0) is 4.79 Å². The van der Waals surface area contributed by atoms with Crippen LogP contribution in [0.15, 0.2) is 24.3 Å². The molecule has 0 heterocycles. The summed E-state index contributed by atoms with van der Waals surface area (Å²) in [6.07, 6.45) is 6.89. The van der Waals surface area contributed by atoms with Gasteiger partial charge in [-0.15, -0.1) is 0 Å². The van der Waals surface area contributed by atoms with Gasteiger partial charge in [-0.25, -0.2) is 4.39 Å². The molecule has 1 aromatic rings. The van der Waals surface area contributed by atoms with Gasteiger partial charge in [-0.2, -0.15) is 5.26 Å². The van der Waals surface area contributed by atoms with Crippen LogP contribution in [0.3, 0.4) is 0 Å². The smallest absolute Gasteiger partial charge is 0.154 e. The fourth-order valence-electron chi connectivity index (χ4n) is 2.25. The molecule has 0 radical (unpaired) electrons. The summed E-state index contributed by atoms with van der Waals surface area (Å²) in [6, 6.07) is 7.95. The molecule has 3 heteroatoms. The Morgan fingerprint density at radius 3 is 2.50 bits per heavy atom. The number of nitriles is 1. The minimum Gasteiger partial charge on any atom is -0.298 e. The van der Waals surface area contributed by atoms with Crippen LogP contribution < -0.4 is 0 Å². The number of hydrogen-bond acceptors (Lipinski definition) is 2. The van der Waals surface area contributed by atoms with E-state index in [9.17, 15) is 9.18 Å². The molecule has 2 nitrogen and oxygen atoms in total. The summed E-state index contributed by atoms with van der Waals surface area (Å²) in [5, 5.41) is 9.11. The summed E-state index contributed by atoms with van der Waals surface area (Å²) in [5.41, 5.74) is 0.200. The van der Waals surface area contributed by atoms with Gasteiger partial charge in [0.15, 0.2) is 5.78 Å². The second kappa shape index (κ2) is 9.25. The summed E-state index contributed by atoms with van der Waals surface area (Å²) in [6.45, 7) is 2.16. The number of unbranched alkanes of at least 4 members (excludes halogenated alkanes) is 5. The van der Waals surface area contributed by atoms with E-state index in [1.807, 2.05) is 6.07 Å². The number of rotatable bonds is 9. The molecule has 108 valence electrons. The molecular weight excluding hydrogens is 253 g/mol. The quantitative estimate of drug-likeness (QED) is 0.610. The molecule has 0 aliphatic heterocycles. The first-order valence-corrected chi connectivity index (χ1v) is 7.37. The van der Waals surface area contributed by atoms with E-state index in [2.05, 4.69) is 6.92 Å². The number of nitrogens with zero attached hydrogens (tertiary/aromatic N) is 1. The lowest BCUT2D eigenvalue weighted by Crippen LogP contribution is -2.12. The Labute approximate surface area is 120 Å². The number of carbonyl (C=O) groups excluding carboxylic acids is 1. The Morgan fingerprint density at radius 1 is 1.20 bits per heavy atom. The molecule has 0 fully saturated rings. The lowest BCUT2D eigenvalue weighted by Gasteiger charge is -2.09. The lowest BCUT2D eigenvalue weighted by molar-refractivity contribution is -0.119. The van der Waals surface area contributed by atoms with E-state index in [4.69, 9.17) is 5.26 Å². The maximum absolute atomic E-state index is 13.6. The standard InChI is InChI=1S/C17H22FNO/c1-2-3-4-5-6-7-12-17(20)15(13-19)14-10-8-9-11-16(14)18/h8-11,15H,2-7,12H2,1H3. The first kappa shape index (κ1) is 16.4. The van der Waals surface area contributed by atoms with E-state index in [-0.39, 0.29) is 11.3 Å². The maximum Gasteiger partial charge on any atom is 0.154 e. The van der Waals surface area contributed by atoms with Crippen LogP contribution in [0.5, 0.6) is 0 Å². The first-order valence-electron chi connectivity index (χ1n) is 7.37. The van der Waals surface area contributed by atoms with Crippen molar-refractivity contribution in [3.63, 3.8) is 0 Å². The summed E-state index contributed by atoms with van der Waals surface area (Å²) < 4.78 is 13.6. The minimum atomic E-state index is -0.966. The Hall–Kier alpha value is -1.69. The van der Waals surface area contributed by atoms with Crippen molar-refractivity contribution in [2.24, 2.45) is 0 Å². The normalized spacial score (nSPS) is 11.8. The van der Waals surface area contributed by atoms with Crippen molar-refractivity contribution in [2.45, 2.75) is 57.8 Å². The molecule has 0 saturated heterocycles. The summed E-state index contributed by atoms with van der Waals surface area (Å²) >= 11 is 0. The lowest BCUT2D eigenvalue weighted by atomic mass is 9.92. The fraction of sp³-hybridized carbons (Fsp3) is 0.529. The summed E-state index contributed by atoms with van der Waals surface area (Å²) in [4.78, 5) is 12.0. The molecule has 0 amide bonds.